The number of aliphatic hydroxyl groups excluding tert-OH is 1. The third-order valence-electron chi connectivity index (χ3n) is 5.86. The number of hydrogen-bond donors (Lipinski definition) is 2. The number of aromatic nitrogens is 3. The van der Waals surface area contributed by atoms with Crippen molar-refractivity contribution in [3.05, 3.63) is 84.2 Å². The van der Waals surface area contributed by atoms with E-state index in [4.69, 9.17) is 0 Å². The monoisotopic (exact) mass is 449 g/mol. The van der Waals surface area contributed by atoms with Crippen LogP contribution in [0.1, 0.15) is 27.2 Å². The minimum Gasteiger partial charge on any atom is -0.390 e. The number of nitrogens with zero attached hydrogens (tertiary/aromatic N) is 3. The van der Waals surface area contributed by atoms with Gasteiger partial charge >= 0.3 is 0 Å². The van der Waals surface area contributed by atoms with Gasteiger partial charge in [0.05, 0.1) is 24.3 Å². The topological polar surface area (TPSA) is 80.0 Å². The number of hydrogen-bond acceptors (Lipinski definition) is 6. The highest BCUT2D eigenvalue weighted by atomic mass is 32.1. The molecule has 5 rings (SSSR count). The minimum atomic E-state index is -1.47. The number of anilines is 1. The van der Waals surface area contributed by atoms with E-state index in [1.165, 1.54) is 27.5 Å². The number of benzene rings is 1. The molecule has 1 saturated carbocycles. The van der Waals surface area contributed by atoms with Crippen LogP contribution >= 0.6 is 11.3 Å². The predicted molar refractivity (Wildman–Crippen MR) is 123 cm³/mol. The Kier molecular flexibility index (Phi) is 5.48. The molecule has 1 fully saturated rings. The van der Waals surface area contributed by atoms with E-state index in [0.717, 1.165) is 0 Å². The maximum Gasteiger partial charge on any atom is 0.199 e. The molecule has 163 valence electrons. The van der Waals surface area contributed by atoms with Crippen LogP contribution in [-0.4, -0.2) is 43.7 Å². The second-order valence-electron chi connectivity index (χ2n) is 8.12. The van der Waals surface area contributed by atoms with Crippen molar-refractivity contribution in [2.45, 2.75) is 31.3 Å². The summed E-state index contributed by atoms with van der Waals surface area (Å²) in [7, 11) is 0. The highest BCUT2D eigenvalue weighted by Crippen LogP contribution is 2.31. The van der Waals surface area contributed by atoms with Crippen LogP contribution < -0.4 is 5.32 Å². The van der Waals surface area contributed by atoms with Crippen LogP contribution in [0.25, 0.3) is 10.1 Å². The Balaban J connectivity index is 1.34. The fourth-order valence-electron chi connectivity index (χ4n) is 4.14. The molecule has 4 atom stereocenters. The van der Waals surface area contributed by atoms with E-state index < -0.39 is 24.2 Å². The van der Waals surface area contributed by atoms with Crippen molar-refractivity contribution in [3.63, 3.8) is 0 Å². The summed E-state index contributed by atoms with van der Waals surface area (Å²) in [5.41, 5.74) is 0.767. The van der Waals surface area contributed by atoms with Crippen molar-refractivity contribution in [2.75, 3.05) is 5.32 Å². The highest BCUT2D eigenvalue weighted by Gasteiger charge is 2.41. The van der Waals surface area contributed by atoms with Crippen LogP contribution in [0.15, 0.2) is 61.3 Å². The average Bonchev–Trinajstić information content (AvgIpc) is 3.49. The zero-order chi connectivity index (χ0) is 22.2. The summed E-state index contributed by atoms with van der Waals surface area (Å²) in [5.74, 6) is -0.397. The molecule has 4 aromatic rings. The van der Waals surface area contributed by atoms with Gasteiger partial charge in [-0.15, -0.1) is 11.3 Å². The number of carbonyl (C=O) groups is 1. The van der Waals surface area contributed by atoms with Crippen molar-refractivity contribution in [3.8, 4) is 0 Å². The Labute approximate surface area is 188 Å². The Bertz CT molecular complexity index is 1240. The van der Waals surface area contributed by atoms with Gasteiger partial charge in [0.2, 0.25) is 0 Å². The molecule has 0 spiro atoms. The molecule has 0 saturated heterocycles. The number of aliphatic hydroxyl groups is 1. The van der Waals surface area contributed by atoms with E-state index >= 15 is 0 Å². The van der Waals surface area contributed by atoms with Crippen LogP contribution in [0.3, 0.4) is 0 Å². The van der Waals surface area contributed by atoms with Gasteiger partial charge in [0, 0.05) is 33.7 Å². The number of carbonyl (C=O) groups excluding carboxylic acids is 1. The van der Waals surface area contributed by atoms with Crippen LogP contribution in [0.4, 0.5) is 10.2 Å². The smallest absolute Gasteiger partial charge is 0.199 e. The molecule has 0 amide bonds. The Hall–Kier alpha value is -3.10. The van der Waals surface area contributed by atoms with Gasteiger partial charge in [0.15, 0.2) is 5.78 Å². The van der Waals surface area contributed by atoms with Gasteiger partial charge in [-0.2, -0.15) is 0 Å². The van der Waals surface area contributed by atoms with Crippen LogP contribution in [-0.2, 0) is 6.54 Å². The van der Waals surface area contributed by atoms with Crippen LogP contribution in [0.5, 0.6) is 0 Å². The van der Waals surface area contributed by atoms with Gasteiger partial charge in [-0.1, -0.05) is 18.2 Å². The molecular formula is C24H22FN4O2S. The molecule has 1 aromatic carbocycles. The standard InChI is InChI=1S/C24H22FN4O2S/c1-14-8-19(21(25)22(14)30)28-24-18(10-26-13-27-24)23(31)16-6-7-29(11-16)12-17-9-15-4-2-3-5-20(15)32-17/h2-7,9-11,13-14,19,21-22,30H,1,8,12H2,(H,26,27,28)/t14-,19-,21-,22-/m1/s1. The maximum absolute atomic E-state index is 14.4. The summed E-state index contributed by atoms with van der Waals surface area (Å²) in [5, 5.41) is 14.1. The molecular weight excluding hydrogens is 427 g/mol. The van der Waals surface area contributed by atoms with E-state index in [-0.39, 0.29) is 17.2 Å². The molecule has 32 heavy (non-hydrogen) atoms. The zero-order valence-corrected chi connectivity index (χ0v) is 18.0. The van der Waals surface area contributed by atoms with E-state index in [9.17, 15) is 14.3 Å². The zero-order valence-electron chi connectivity index (χ0n) is 17.2. The van der Waals surface area contributed by atoms with E-state index in [1.807, 2.05) is 22.9 Å². The van der Waals surface area contributed by atoms with Crippen molar-refractivity contribution < 1.29 is 14.3 Å². The fourth-order valence-corrected chi connectivity index (χ4v) is 5.22. The van der Waals surface area contributed by atoms with Gasteiger partial charge in [-0.25, -0.2) is 14.4 Å². The number of rotatable bonds is 6. The van der Waals surface area contributed by atoms with E-state index in [2.05, 4.69) is 40.4 Å². The third-order valence-corrected chi connectivity index (χ3v) is 6.96. The third kappa shape index (κ3) is 3.91. The lowest BCUT2D eigenvalue weighted by Gasteiger charge is -2.18. The number of halogens is 1. The van der Waals surface area contributed by atoms with Gasteiger partial charge in [0.1, 0.15) is 18.3 Å². The van der Waals surface area contributed by atoms with Crippen molar-refractivity contribution >= 4 is 33.0 Å². The lowest BCUT2D eigenvalue weighted by Crippen LogP contribution is -2.32. The molecule has 6 nitrogen and oxygen atoms in total. The molecule has 3 heterocycles. The number of ketones is 1. The summed E-state index contributed by atoms with van der Waals surface area (Å²) in [4.78, 5) is 22.5. The number of fused-ring (bicyclic) bond motifs is 1. The lowest BCUT2D eigenvalue weighted by molar-refractivity contribution is 0.0793. The maximum atomic E-state index is 14.4. The molecule has 1 aliphatic carbocycles. The molecule has 1 aliphatic rings. The second kappa shape index (κ2) is 8.44. The highest BCUT2D eigenvalue weighted by molar-refractivity contribution is 7.19. The first-order valence-electron chi connectivity index (χ1n) is 10.4. The number of alkyl halides is 1. The van der Waals surface area contributed by atoms with Crippen LogP contribution in [0, 0.1) is 12.8 Å². The van der Waals surface area contributed by atoms with Crippen molar-refractivity contribution in [1.82, 2.24) is 14.5 Å². The molecule has 1 radical (unpaired) electrons. The molecule has 2 N–H and O–H groups in total. The van der Waals surface area contributed by atoms with Gasteiger partial charge in [-0.3, -0.25) is 4.79 Å². The number of nitrogens with one attached hydrogen (secondary N) is 1. The summed E-state index contributed by atoms with van der Waals surface area (Å²) in [6, 6.07) is 11.5. The molecule has 0 bridgehead atoms. The predicted octanol–water partition coefficient (Wildman–Crippen LogP) is 4.11. The summed E-state index contributed by atoms with van der Waals surface area (Å²) in [6.45, 7) is 4.45. The van der Waals surface area contributed by atoms with Gasteiger partial charge < -0.3 is 15.0 Å². The fraction of sp³-hybridized carbons (Fsp3) is 0.250. The Morgan fingerprint density at radius 3 is 2.97 bits per heavy atom. The SMILES string of the molecule is [CH2][C@@H]1C[C@@H](Nc2ncncc2C(=O)c2ccn(Cc3cc4ccccc4s3)c2)[C@@H](F)[C@@H]1O. The molecule has 3 aromatic heterocycles. The van der Waals surface area contributed by atoms with Crippen molar-refractivity contribution in [1.29, 1.82) is 0 Å². The van der Waals surface area contributed by atoms with Crippen LogP contribution in [0.2, 0.25) is 0 Å². The second-order valence-corrected chi connectivity index (χ2v) is 9.29. The first-order valence-corrected chi connectivity index (χ1v) is 11.2. The summed E-state index contributed by atoms with van der Waals surface area (Å²) in [6.07, 6.45) is 4.16. The first-order chi connectivity index (χ1) is 15.5. The minimum absolute atomic E-state index is 0.247. The summed E-state index contributed by atoms with van der Waals surface area (Å²) < 4.78 is 17.6. The quantitative estimate of drug-likeness (QED) is 0.433. The van der Waals surface area contributed by atoms with E-state index in [0.29, 0.717) is 18.5 Å². The molecule has 0 unspecified atom stereocenters. The van der Waals surface area contributed by atoms with E-state index in [1.54, 1.807) is 23.6 Å². The largest absolute Gasteiger partial charge is 0.390 e. The lowest BCUT2D eigenvalue weighted by atomic mass is 10.1. The summed E-state index contributed by atoms with van der Waals surface area (Å²) >= 11 is 1.73. The molecule has 8 heteroatoms. The average molecular weight is 450 g/mol. The van der Waals surface area contributed by atoms with Gasteiger partial charge in [-0.05, 0) is 42.8 Å². The van der Waals surface area contributed by atoms with Crippen molar-refractivity contribution in [2.24, 2.45) is 5.92 Å². The molecule has 0 aliphatic heterocycles. The first kappa shape index (κ1) is 20.8. The Morgan fingerprint density at radius 1 is 1.34 bits per heavy atom. The number of thiophene rings is 1. The Morgan fingerprint density at radius 2 is 2.19 bits per heavy atom. The normalized spacial score (nSPS) is 23.0. The van der Waals surface area contributed by atoms with Gasteiger partial charge in [0.25, 0.3) is 0 Å².